The molecule has 3 heteroatoms. The zero-order chi connectivity index (χ0) is 13.0. The minimum atomic E-state index is 0.112. The van der Waals surface area contributed by atoms with Crippen molar-refractivity contribution >= 4 is 17.5 Å². The van der Waals surface area contributed by atoms with Crippen LogP contribution in [0.1, 0.15) is 30.9 Å². The van der Waals surface area contributed by atoms with Crippen LogP contribution in [0, 0.1) is 5.92 Å². The van der Waals surface area contributed by atoms with E-state index in [-0.39, 0.29) is 17.9 Å². The van der Waals surface area contributed by atoms with Crippen molar-refractivity contribution in [1.82, 2.24) is 5.32 Å². The number of rotatable bonds is 5. The number of hydrogen-bond acceptors (Lipinski definition) is 1. The number of alkyl halides is 1. The van der Waals surface area contributed by atoms with E-state index in [0.29, 0.717) is 5.88 Å². The minimum Gasteiger partial charge on any atom is -0.353 e. The van der Waals surface area contributed by atoms with Crippen LogP contribution in [0.15, 0.2) is 24.3 Å². The van der Waals surface area contributed by atoms with Crippen molar-refractivity contribution in [2.75, 3.05) is 5.88 Å². The molecule has 1 amide bonds. The first-order chi connectivity index (χ1) is 8.70. The standard InChI is InChI=1S/C15H20ClNO/c1-11(5-4-8-16)17-15(18)14-9-12-6-2-3-7-13(12)10-14/h2-3,6-7,11,14H,4-5,8-10H2,1H3,(H,17,18). The van der Waals surface area contributed by atoms with Crippen molar-refractivity contribution in [3.63, 3.8) is 0 Å². The average Bonchev–Trinajstić information content (AvgIpc) is 2.80. The third-order valence-electron chi connectivity index (χ3n) is 3.58. The molecule has 0 aromatic heterocycles. The van der Waals surface area contributed by atoms with E-state index in [2.05, 4.69) is 17.4 Å². The molecule has 0 saturated carbocycles. The molecular formula is C15H20ClNO. The fraction of sp³-hybridized carbons (Fsp3) is 0.533. The molecule has 18 heavy (non-hydrogen) atoms. The van der Waals surface area contributed by atoms with Crippen LogP contribution in [-0.4, -0.2) is 17.8 Å². The molecule has 0 heterocycles. The summed E-state index contributed by atoms with van der Waals surface area (Å²) in [4.78, 5) is 12.1. The number of carbonyl (C=O) groups excluding carboxylic acids is 1. The zero-order valence-corrected chi connectivity index (χ0v) is 11.5. The summed E-state index contributed by atoms with van der Waals surface area (Å²) in [5.74, 6) is 0.962. The van der Waals surface area contributed by atoms with E-state index in [1.54, 1.807) is 0 Å². The van der Waals surface area contributed by atoms with Crippen LogP contribution in [0.25, 0.3) is 0 Å². The van der Waals surface area contributed by atoms with Gasteiger partial charge in [-0.15, -0.1) is 11.6 Å². The molecule has 1 N–H and O–H groups in total. The van der Waals surface area contributed by atoms with Gasteiger partial charge >= 0.3 is 0 Å². The lowest BCUT2D eigenvalue weighted by molar-refractivity contribution is -0.125. The van der Waals surface area contributed by atoms with Crippen molar-refractivity contribution in [1.29, 1.82) is 0 Å². The Labute approximate surface area is 114 Å². The van der Waals surface area contributed by atoms with Gasteiger partial charge in [-0.1, -0.05) is 24.3 Å². The van der Waals surface area contributed by atoms with Gasteiger partial charge in [0.25, 0.3) is 0 Å². The van der Waals surface area contributed by atoms with E-state index in [9.17, 15) is 4.79 Å². The fourth-order valence-electron chi connectivity index (χ4n) is 2.56. The van der Waals surface area contributed by atoms with Crippen LogP contribution in [0.3, 0.4) is 0 Å². The topological polar surface area (TPSA) is 29.1 Å². The third kappa shape index (κ3) is 3.26. The van der Waals surface area contributed by atoms with Gasteiger partial charge in [0.05, 0.1) is 0 Å². The molecule has 0 bridgehead atoms. The second-order valence-electron chi connectivity index (χ2n) is 5.11. The smallest absolute Gasteiger partial charge is 0.223 e. The summed E-state index contributed by atoms with van der Waals surface area (Å²) in [5.41, 5.74) is 2.65. The summed E-state index contributed by atoms with van der Waals surface area (Å²) in [5, 5.41) is 3.09. The van der Waals surface area contributed by atoms with Crippen LogP contribution in [0.2, 0.25) is 0 Å². The summed E-state index contributed by atoms with van der Waals surface area (Å²) < 4.78 is 0. The Morgan fingerprint density at radius 1 is 1.39 bits per heavy atom. The molecule has 2 rings (SSSR count). The molecule has 1 aromatic rings. The van der Waals surface area contributed by atoms with Crippen LogP contribution in [0.4, 0.5) is 0 Å². The van der Waals surface area contributed by atoms with E-state index in [1.807, 2.05) is 19.1 Å². The Morgan fingerprint density at radius 2 is 2.00 bits per heavy atom. The van der Waals surface area contributed by atoms with E-state index < -0.39 is 0 Å². The molecule has 2 nitrogen and oxygen atoms in total. The van der Waals surface area contributed by atoms with Crippen molar-refractivity contribution < 1.29 is 4.79 Å². The molecule has 1 unspecified atom stereocenters. The number of carbonyl (C=O) groups is 1. The summed E-state index contributed by atoms with van der Waals surface area (Å²) in [6.45, 7) is 2.05. The molecule has 0 aliphatic heterocycles. The Morgan fingerprint density at radius 3 is 2.56 bits per heavy atom. The Kier molecular flexibility index (Phi) is 4.65. The van der Waals surface area contributed by atoms with Gasteiger partial charge in [0, 0.05) is 17.8 Å². The Hall–Kier alpha value is -1.02. The van der Waals surface area contributed by atoms with Crippen molar-refractivity contribution in [2.45, 2.75) is 38.6 Å². The molecule has 1 aromatic carbocycles. The largest absolute Gasteiger partial charge is 0.353 e. The molecule has 1 atom stereocenters. The number of amides is 1. The van der Waals surface area contributed by atoms with Crippen molar-refractivity contribution in [2.24, 2.45) is 5.92 Å². The fourth-order valence-corrected chi connectivity index (χ4v) is 2.71. The lowest BCUT2D eigenvalue weighted by Crippen LogP contribution is -2.37. The number of benzene rings is 1. The highest BCUT2D eigenvalue weighted by Crippen LogP contribution is 2.26. The Bertz CT molecular complexity index is 394. The lowest BCUT2D eigenvalue weighted by Gasteiger charge is -2.16. The van der Waals surface area contributed by atoms with E-state index >= 15 is 0 Å². The van der Waals surface area contributed by atoms with Gasteiger partial charge in [-0.2, -0.15) is 0 Å². The first kappa shape index (κ1) is 13.4. The van der Waals surface area contributed by atoms with Gasteiger partial charge in [-0.05, 0) is 43.7 Å². The molecule has 1 aliphatic carbocycles. The van der Waals surface area contributed by atoms with E-state index in [4.69, 9.17) is 11.6 Å². The normalized spacial score (nSPS) is 16.3. The van der Waals surface area contributed by atoms with E-state index in [0.717, 1.165) is 25.7 Å². The number of fused-ring (bicyclic) bond motifs is 1. The molecule has 0 fully saturated rings. The highest BCUT2D eigenvalue weighted by atomic mass is 35.5. The minimum absolute atomic E-state index is 0.112. The highest BCUT2D eigenvalue weighted by molar-refractivity contribution is 6.17. The quantitative estimate of drug-likeness (QED) is 0.815. The molecule has 0 saturated heterocycles. The van der Waals surface area contributed by atoms with Crippen molar-refractivity contribution in [3.8, 4) is 0 Å². The SMILES string of the molecule is CC(CCCCl)NC(=O)C1Cc2ccccc2C1. The molecule has 0 radical (unpaired) electrons. The van der Waals surface area contributed by atoms with Gasteiger partial charge in [0.1, 0.15) is 0 Å². The summed E-state index contributed by atoms with van der Waals surface area (Å²) in [6, 6.07) is 8.56. The number of halogens is 1. The van der Waals surface area contributed by atoms with E-state index in [1.165, 1.54) is 11.1 Å². The molecule has 1 aliphatic rings. The van der Waals surface area contributed by atoms with Crippen LogP contribution >= 0.6 is 11.6 Å². The zero-order valence-electron chi connectivity index (χ0n) is 10.8. The predicted molar refractivity (Wildman–Crippen MR) is 74.9 cm³/mol. The van der Waals surface area contributed by atoms with Crippen LogP contribution < -0.4 is 5.32 Å². The summed E-state index contributed by atoms with van der Waals surface area (Å²) >= 11 is 5.66. The Balaban J connectivity index is 1.85. The average molecular weight is 266 g/mol. The number of hydrogen-bond donors (Lipinski definition) is 1. The molecular weight excluding hydrogens is 246 g/mol. The maximum absolute atomic E-state index is 12.1. The van der Waals surface area contributed by atoms with Gasteiger partial charge in [0.2, 0.25) is 5.91 Å². The van der Waals surface area contributed by atoms with Gasteiger partial charge in [0.15, 0.2) is 0 Å². The first-order valence-corrected chi connectivity index (χ1v) is 7.17. The second-order valence-corrected chi connectivity index (χ2v) is 5.49. The predicted octanol–water partition coefficient (Wildman–Crippen LogP) is 2.93. The molecule has 0 spiro atoms. The highest BCUT2D eigenvalue weighted by Gasteiger charge is 2.27. The van der Waals surface area contributed by atoms with Gasteiger partial charge < -0.3 is 5.32 Å². The number of nitrogens with one attached hydrogen (secondary N) is 1. The summed E-state index contributed by atoms with van der Waals surface area (Å²) in [6.07, 6.45) is 3.66. The summed E-state index contributed by atoms with van der Waals surface area (Å²) in [7, 11) is 0. The third-order valence-corrected chi connectivity index (χ3v) is 3.85. The van der Waals surface area contributed by atoms with Crippen LogP contribution in [0.5, 0.6) is 0 Å². The van der Waals surface area contributed by atoms with Gasteiger partial charge in [-0.25, -0.2) is 0 Å². The van der Waals surface area contributed by atoms with Gasteiger partial charge in [-0.3, -0.25) is 4.79 Å². The first-order valence-electron chi connectivity index (χ1n) is 6.64. The van der Waals surface area contributed by atoms with Crippen LogP contribution in [-0.2, 0) is 17.6 Å². The monoisotopic (exact) mass is 265 g/mol. The maximum atomic E-state index is 12.1. The molecule has 98 valence electrons. The van der Waals surface area contributed by atoms with Crippen molar-refractivity contribution in [3.05, 3.63) is 35.4 Å². The second kappa shape index (κ2) is 6.24. The maximum Gasteiger partial charge on any atom is 0.223 e. The lowest BCUT2D eigenvalue weighted by atomic mass is 10.0.